The number of likely N-dealkylation sites (tertiary alicyclic amines) is 1. The molecule has 0 aromatic rings. The molecule has 2 rings (SSSR count). The van der Waals surface area contributed by atoms with Crippen molar-refractivity contribution in [2.75, 3.05) is 26.4 Å². The van der Waals surface area contributed by atoms with Crippen LogP contribution in [0.2, 0.25) is 0 Å². The molecule has 7 nitrogen and oxygen atoms in total. The van der Waals surface area contributed by atoms with Crippen molar-refractivity contribution in [1.29, 1.82) is 0 Å². The topological polar surface area (TPSA) is 75.8 Å². The minimum Gasteiger partial charge on any atom is -0.378 e. The third-order valence-electron chi connectivity index (χ3n) is 6.69. The van der Waals surface area contributed by atoms with Crippen LogP contribution in [0.5, 0.6) is 0 Å². The van der Waals surface area contributed by atoms with Crippen LogP contribution in [0, 0.1) is 23.7 Å². The lowest BCUT2D eigenvalue weighted by atomic mass is 9.75. The number of terminal acetylenes is 1. The molecule has 0 radical (unpaired) electrons. The summed E-state index contributed by atoms with van der Waals surface area (Å²) >= 11 is 0. The predicted molar refractivity (Wildman–Crippen MR) is 148 cm³/mol. The van der Waals surface area contributed by atoms with Crippen molar-refractivity contribution in [2.24, 2.45) is 26.5 Å². The number of halogens is 1. The van der Waals surface area contributed by atoms with E-state index in [1.54, 1.807) is 6.08 Å². The summed E-state index contributed by atoms with van der Waals surface area (Å²) in [5.41, 5.74) is 1.34. The first-order valence-corrected chi connectivity index (χ1v) is 12.5. The maximum absolute atomic E-state index is 13.5. The van der Waals surface area contributed by atoms with Gasteiger partial charge in [-0.25, -0.2) is 4.99 Å². The number of amidine groups is 1. The third kappa shape index (κ3) is 8.73. The smallest absolute Gasteiger partial charge is 0.183 e. The molecule has 0 bridgehead atoms. The number of nitrogens with zero attached hydrogens (tertiary/aromatic N) is 4. The van der Waals surface area contributed by atoms with Crippen LogP contribution in [0.15, 0.2) is 63.1 Å². The largest absolute Gasteiger partial charge is 0.378 e. The molecule has 37 heavy (non-hydrogen) atoms. The summed E-state index contributed by atoms with van der Waals surface area (Å²) in [7, 11) is 0. The molecule has 2 saturated heterocycles. The zero-order chi connectivity index (χ0) is 27.5. The predicted octanol–water partition coefficient (Wildman–Crippen LogP) is 5.42. The SMILES string of the molecule is C#C/C(F)=C(C=O)\C=C/CC(/C=C1\COC2(CCN(CO/N=C(\N=C)C(C)(C)C)CC2)C(C)C1)=NC=C. The van der Waals surface area contributed by atoms with Crippen molar-refractivity contribution in [1.82, 2.24) is 4.90 Å². The first kappa shape index (κ1) is 30.1. The molecular formula is C29H39FN4O3. The van der Waals surface area contributed by atoms with Crippen molar-refractivity contribution >= 4 is 24.6 Å². The van der Waals surface area contributed by atoms with Crippen LogP contribution in [0.25, 0.3) is 0 Å². The second-order valence-corrected chi connectivity index (χ2v) is 10.4. The lowest BCUT2D eigenvalue weighted by Crippen LogP contribution is -2.52. The molecular weight excluding hydrogens is 471 g/mol. The number of oxime groups is 1. The van der Waals surface area contributed by atoms with Crippen LogP contribution < -0.4 is 0 Å². The normalized spacial score (nSPS) is 23.0. The summed E-state index contributed by atoms with van der Waals surface area (Å²) in [6.45, 7) is 18.2. The van der Waals surface area contributed by atoms with Crippen LogP contribution in [-0.2, 0) is 14.4 Å². The molecule has 0 N–H and O–H groups in total. The van der Waals surface area contributed by atoms with Gasteiger partial charge in [0.05, 0.1) is 17.8 Å². The summed E-state index contributed by atoms with van der Waals surface area (Å²) in [6, 6.07) is 0. The Kier molecular flexibility index (Phi) is 11.4. The van der Waals surface area contributed by atoms with Crippen molar-refractivity contribution in [2.45, 2.75) is 59.0 Å². The van der Waals surface area contributed by atoms with Crippen LogP contribution in [0.4, 0.5) is 4.39 Å². The molecule has 8 heteroatoms. The van der Waals surface area contributed by atoms with E-state index in [2.05, 4.69) is 40.3 Å². The van der Waals surface area contributed by atoms with E-state index in [-0.39, 0.29) is 16.6 Å². The van der Waals surface area contributed by atoms with E-state index in [9.17, 15) is 9.18 Å². The average molecular weight is 511 g/mol. The molecule has 2 heterocycles. The first-order chi connectivity index (χ1) is 17.6. The minimum absolute atomic E-state index is 0.164. The molecule has 200 valence electrons. The van der Waals surface area contributed by atoms with E-state index in [4.69, 9.17) is 16.0 Å². The number of aldehydes is 1. The fourth-order valence-corrected chi connectivity index (χ4v) is 4.45. The Morgan fingerprint density at radius 1 is 1.38 bits per heavy atom. The monoisotopic (exact) mass is 510 g/mol. The van der Waals surface area contributed by atoms with Gasteiger partial charge in [0.2, 0.25) is 0 Å². The summed E-state index contributed by atoms with van der Waals surface area (Å²) in [4.78, 5) is 27.1. The maximum atomic E-state index is 13.5. The van der Waals surface area contributed by atoms with Gasteiger partial charge in [0.25, 0.3) is 0 Å². The number of hydrogen-bond acceptors (Lipinski definition) is 6. The van der Waals surface area contributed by atoms with E-state index in [0.29, 0.717) is 37.8 Å². The van der Waals surface area contributed by atoms with Crippen molar-refractivity contribution in [3.8, 4) is 12.3 Å². The van der Waals surface area contributed by atoms with Gasteiger partial charge in [-0.05, 0) is 49.5 Å². The van der Waals surface area contributed by atoms with Gasteiger partial charge in [0, 0.05) is 36.8 Å². The van der Waals surface area contributed by atoms with Gasteiger partial charge in [-0.2, -0.15) is 4.39 Å². The number of carbonyl (C=O) groups is 1. The molecule has 0 aromatic carbocycles. The summed E-state index contributed by atoms with van der Waals surface area (Å²) in [5.74, 6) is 1.87. The molecule has 0 aromatic heterocycles. The van der Waals surface area contributed by atoms with E-state index >= 15 is 0 Å². The van der Waals surface area contributed by atoms with Crippen molar-refractivity contribution in [3.05, 3.63) is 48.0 Å². The van der Waals surface area contributed by atoms with Gasteiger partial charge in [-0.1, -0.05) is 51.6 Å². The first-order valence-electron chi connectivity index (χ1n) is 12.5. The molecule has 1 spiro atoms. The van der Waals surface area contributed by atoms with Crippen LogP contribution in [0.3, 0.4) is 0 Å². The molecule has 2 aliphatic rings. The Labute approximate surface area is 220 Å². The molecule has 0 amide bonds. The molecule has 1 unspecified atom stereocenters. The van der Waals surface area contributed by atoms with Gasteiger partial charge in [0.15, 0.2) is 24.7 Å². The van der Waals surface area contributed by atoms with Gasteiger partial charge < -0.3 is 9.57 Å². The minimum atomic E-state index is -0.889. The highest BCUT2D eigenvalue weighted by Gasteiger charge is 2.43. The van der Waals surface area contributed by atoms with Gasteiger partial charge in [-0.3, -0.25) is 14.7 Å². The van der Waals surface area contributed by atoms with E-state index in [1.807, 2.05) is 32.8 Å². The fourth-order valence-electron chi connectivity index (χ4n) is 4.45. The van der Waals surface area contributed by atoms with Crippen molar-refractivity contribution in [3.63, 3.8) is 0 Å². The molecule has 1 atom stereocenters. The van der Waals surface area contributed by atoms with Gasteiger partial charge >= 0.3 is 0 Å². The Bertz CT molecular complexity index is 1030. The number of ether oxygens (including phenoxy) is 1. The second-order valence-electron chi connectivity index (χ2n) is 10.4. The number of piperidine rings is 1. The van der Waals surface area contributed by atoms with Crippen LogP contribution >= 0.6 is 0 Å². The maximum Gasteiger partial charge on any atom is 0.183 e. The summed E-state index contributed by atoms with van der Waals surface area (Å²) < 4.78 is 20.0. The quantitative estimate of drug-likeness (QED) is 0.0789. The number of carbonyl (C=O) groups excluding carboxylic acids is 1. The van der Waals surface area contributed by atoms with E-state index in [0.717, 1.165) is 43.6 Å². The standard InChI is InChI=1S/C29H39FN4O3/c1-8-26(30)24(19-35)11-10-12-25(32-9-2)18-23-17-22(3)29(36-20-23)13-15-34(16-14-29)21-37-33-27(31-7)28(4,5)6/h1,9-11,18-19,22H,2,7,12-17,20-21H2,3-6H3/b11-10-,23-18-,26-24-,32-25?,33-27-. The van der Waals surface area contributed by atoms with Gasteiger partial charge in [0.1, 0.15) is 0 Å². The Balaban J connectivity index is 1.95. The van der Waals surface area contributed by atoms with Crippen LogP contribution in [-0.4, -0.2) is 61.5 Å². The fraction of sp³-hybridized carbons (Fsp3) is 0.517. The summed E-state index contributed by atoms with van der Waals surface area (Å²) in [6.07, 6.45) is 15.0. The van der Waals surface area contributed by atoms with Crippen LogP contribution in [0.1, 0.15) is 53.4 Å². The number of rotatable bonds is 9. The zero-order valence-electron chi connectivity index (χ0n) is 22.5. The number of hydrogen-bond donors (Lipinski definition) is 0. The molecule has 2 aliphatic heterocycles. The highest BCUT2D eigenvalue weighted by molar-refractivity contribution is 5.97. The highest BCUT2D eigenvalue weighted by Crippen LogP contribution is 2.41. The Hall–Kier alpha value is -3.15. The zero-order valence-corrected chi connectivity index (χ0v) is 22.5. The number of allylic oxidation sites excluding steroid dienone is 5. The lowest BCUT2D eigenvalue weighted by Gasteiger charge is -2.48. The lowest BCUT2D eigenvalue weighted by molar-refractivity contribution is -0.135. The number of aliphatic imine (C=N–C) groups is 2. The van der Waals surface area contributed by atoms with Gasteiger partial charge in [-0.15, -0.1) is 6.42 Å². The highest BCUT2D eigenvalue weighted by atomic mass is 19.1. The average Bonchev–Trinajstić information content (AvgIpc) is 2.86. The summed E-state index contributed by atoms with van der Waals surface area (Å²) in [5, 5.41) is 4.16. The Morgan fingerprint density at radius 3 is 2.62 bits per heavy atom. The molecule has 0 saturated carbocycles. The Morgan fingerprint density at radius 2 is 2.08 bits per heavy atom. The third-order valence-corrected chi connectivity index (χ3v) is 6.69. The van der Waals surface area contributed by atoms with E-state index in [1.165, 1.54) is 12.3 Å². The molecule has 0 aliphatic carbocycles. The molecule has 2 fully saturated rings. The van der Waals surface area contributed by atoms with E-state index < -0.39 is 5.83 Å². The van der Waals surface area contributed by atoms with Crippen molar-refractivity contribution < 1.29 is 18.8 Å². The second kappa shape index (κ2) is 14.0.